The quantitative estimate of drug-likeness (QED) is 0.797. The number of hydrogen-bond acceptors (Lipinski definition) is 6. The summed E-state index contributed by atoms with van der Waals surface area (Å²) in [7, 11) is 0. The van der Waals surface area contributed by atoms with Crippen molar-refractivity contribution in [2.24, 2.45) is 0 Å². The number of aryl methyl sites for hydroxylation is 1. The summed E-state index contributed by atoms with van der Waals surface area (Å²) in [6.07, 6.45) is -0.605. The standard InChI is InChI=1S/C13H16BrN3O3/c1-9-16-13(17-20-9)7-15-6-11(18)8-19-12-4-2-10(14)3-5-12/h2-5,11,15,18H,6-8H2,1H3. The molecule has 0 amide bonds. The average molecular weight is 342 g/mol. The molecule has 0 saturated heterocycles. The Morgan fingerprint density at radius 3 is 2.80 bits per heavy atom. The third kappa shape index (κ3) is 4.92. The minimum atomic E-state index is -0.605. The zero-order valence-electron chi connectivity index (χ0n) is 11.0. The molecule has 0 aliphatic carbocycles. The highest BCUT2D eigenvalue weighted by atomic mass is 79.9. The number of ether oxygens (including phenoxy) is 1. The van der Waals surface area contributed by atoms with Crippen molar-refractivity contribution in [1.29, 1.82) is 0 Å². The van der Waals surface area contributed by atoms with Gasteiger partial charge in [0.25, 0.3) is 0 Å². The van der Waals surface area contributed by atoms with Crippen LogP contribution in [-0.2, 0) is 6.54 Å². The second kappa shape index (κ2) is 7.37. The van der Waals surface area contributed by atoms with E-state index in [1.54, 1.807) is 6.92 Å². The molecule has 1 aromatic heterocycles. The Morgan fingerprint density at radius 2 is 2.15 bits per heavy atom. The maximum absolute atomic E-state index is 9.79. The van der Waals surface area contributed by atoms with Crippen molar-refractivity contribution < 1.29 is 14.4 Å². The molecule has 1 atom stereocenters. The summed E-state index contributed by atoms with van der Waals surface area (Å²) in [6.45, 7) is 2.80. The SMILES string of the molecule is Cc1nc(CNCC(O)COc2ccc(Br)cc2)no1. The number of hydrogen-bond donors (Lipinski definition) is 2. The molecule has 108 valence electrons. The Hall–Kier alpha value is -1.44. The summed E-state index contributed by atoms with van der Waals surface area (Å²) in [4.78, 5) is 4.05. The summed E-state index contributed by atoms with van der Waals surface area (Å²) in [5.74, 6) is 1.82. The third-order valence-corrected chi connectivity index (χ3v) is 3.02. The number of aromatic nitrogens is 2. The number of nitrogens with one attached hydrogen (secondary N) is 1. The fraction of sp³-hybridized carbons (Fsp3) is 0.385. The number of aliphatic hydroxyl groups is 1. The summed E-state index contributed by atoms with van der Waals surface area (Å²) in [6, 6.07) is 7.45. The van der Waals surface area contributed by atoms with Gasteiger partial charge in [0.05, 0.1) is 6.54 Å². The van der Waals surface area contributed by atoms with Gasteiger partial charge in [-0.2, -0.15) is 4.98 Å². The van der Waals surface area contributed by atoms with Crippen LogP contribution < -0.4 is 10.1 Å². The molecule has 0 aliphatic heterocycles. The lowest BCUT2D eigenvalue weighted by Crippen LogP contribution is -2.31. The van der Waals surface area contributed by atoms with Gasteiger partial charge in [0, 0.05) is 17.9 Å². The first-order valence-electron chi connectivity index (χ1n) is 6.20. The van der Waals surface area contributed by atoms with Gasteiger partial charge in [-0.15, -0.1) is 0 Å². The van der Waals surface area contributed by atoms with E-state index >= 15 is 0 Å². The fourth-order valence-electron chi connectivity index (χ4n) is 1.55. The van der Waals surface area contributed by atoms with Crippen LogP contribution >= 0.6 is 15.9 Å². The second-order valence-corrected chi connectivity index (χ2v) is 5.19. The van der Waals surface area contributed by atoms with Crippen LogP contribution in [-0.4, -0.2) is 34.5 Å². The van der Waals surface area contributed by atoms with Crippen molar-refractivity contribution in [3.8, 4) is 5.75 Å². The van der Waals surface area contributed by atoms with E-state index in [0.717, 1.165) is 10.2 Å². The van der Waals surface area contributed by atoms with E-state index in [1.165, 1.54) is 0 Å². The molecule has 0 fully saturated rings. The monoisotopic (exact) mass is 341 g/mol. The lowest BCUT2D eigenvalue weighted by molar-refractivity contribution is 0.106. The third-order valence-electron chi connectivity index (χ3n) is 2.49. The van der Waals surface area contributed by atoms with Crippen LogP contribution in [0.1, 0.15) is 11.7 Å². The summed E-state index contributed by atoms with van der Waals surface area (Å²) in [5, 5.41) is 16.6. The molecule has 2 N–H and O–H groups in total. The lowest BCUT2D eigenvalue weighted by Gasteiger charge is -2.12. The van der Waals surface area contributed by atoms with Crippen molar-refractivity contribution in [1.82, 2.24) is 15.5 Å². The van der Waals surface area contributed by atoms with Crippen LogP contribution in [0.4, 0.5) is 0 Å². The van der Waals surface area contributed by atoms with E-state index in [0.29, 0.717) is 24.8 Å². The predicted molar refractivity (Wildman–Crippen MR) is 76.4 cm³/mol. The highest BCUT2D eigenvalue weighted by molar-refractivity contribution is 9.10. The van der Waals surface area contributed by atoms with E-state index in [2.05, 4.69) is 31.4 Å². The molecule has 20 heavy (non-hydrogen) atoms. The molecule has 0 aliphatic rings. The van der Waals surface area contributed by atoms with E-state index < -0.39 is 6.10 Å². The molecule has 0 saturated carbocycles. The summed E-state index contributed by atoms with van der Waals surface area (Å²) < 4.78 is 11.3. The van der Waals surface area contributed by atoms with E-state index in [4.69, 9.17) is 9.26 Å². The largest absolute Gasteiger partial charge is 0.491 e. The van der Waals surface area contributed by atoms with Gasteiger partial charge in [0.15, 0.2) is 5.82 Å². The smallest absolute Gasteiger partial charge is 0.223 e. The molecular weight excluding hydrogens is 326 g/mol. The lowest BCUT2D eigenvalue weighted by atomic mass is 10.3. The van der Waals surface area contributed by atoms with Gasteiger partial charge < -0.3 is 19.7 Å². The molecule has 1 unspecified atom stereocenters. The van der Waals surface area contributed by atoms with Crippen molar-refractivity contribution in [2.75, 3.05) is 13.2 Å². The molecule has 6 nitrogen and oxygen atoms in total. The van der Waals surface area contributed by atoms with Gasteiger partial charge in [-0.3, -0.25) is 0 Å². The Bertz CT molecular complexity index is 530. The maximum atomic E-state index is 9.79. The summed E-state index contributed by atoms with van der Waals surface area (Å²) in [5.41, 5.74) is 0. The van der Waals surface area contributed by atoms with Crippen LogP contribution in [0.15, 0.2) is 33.3 Å². The highest BCUT2D eigenvalue weighted by Crippen LogP contribution is 2.16. The Labute approximate surface area is 125 Å². The van der Waals surface area contributed by atoms with Gasteiger partial charge >= 0.3 is 0 Å². The highest BCUT2D eigenvalue weighted by Gasteiger charge is 2.07. The Morgan fingerprint density at radius 1 is 1.40 bits per heavy atom. The van der Waals surface area contributed by atoms with Crippen LogP contribution in [0.25, 0.3) is 0 Å². The molecule has 0 radical (unpaired) electrons. The number of benzene rings is 1. The topological polar surface area (TPSA) is 80.4 Å². The fourth-order valence-corrected chi connectivity index (χ4v) is 1.81. The minimum Gasteiger partial charge on any atom is -0.491 e. The Kier molecular flexibility index (Phi) is 5.51. The second-order valence-electron chi connectivity index (χ2n) is 4.28. The first-order chi connectivity index (χ1) is 9.63. The zero-order valence-corrected chi connectivity index (χ0v) is 12.6. The van der Waals surface area contributed by atoms with Crippen LogP contribution in [0, 0.1) is 6.92 Å². The van der Waals surface area contributed by atoms with Gasteiger partial charge in [-0.1, -0.05) is 21.1 Å². The first kappa shape index (κ1) is 15.0. The molecule has 7 heteroatoms. The molecule has 2 aromatic rings. The van der Waals surface area contributed by atoms with Crippen molar-refractivity contribution >= 4 is 15.9 Å². The molecule has 0 spiro atoms. The molecule has 0 bridgehead atoms. The molecule has 2 rings (SSSR count). The van der Waals surface area contributed by atoms with Crippen LogP contribution in [0.2, 0.25) is 0 Å². The summed E-state index contributed by atoms with van der Waals surface area (Å²) >= 11 is 3.35. The number of nitrogens with zero attached hydrogens (tertiary/aromatic N) is 2. The van der Waals surface area contributed by atoms with Crippen molar-refractivity contribution in [2.45, 2.75) is 19.6 Å². The van der Waals surface area contributed by atoms with Gasteiger partial charge in [-0.25, -0.2) is 0 Å². The van der Waals surface area contributed by atoms with E-state index in [9.17, 15) is 5.11 Å². The zero-order chi connectivity index (χ0) is 14.4. The predicted octanol–water partition coefficient (Wildman–Crippen LogP) is 1.67. The maximum Gasteiger partial charge on any atom is 0.223 e. The van der Waals surface area contributed by atoms with Gasteiger partial charge in [-0.05, 0) is 24.3 Å². The van der Waals surface area contributed by atoms with Crippen LogP contribution in [0.5, 0.6) is 5.75 Å². The average Bonchev–Trinajstić information content (AvgIpc) is 2.84. The molecule has 1 aromatic carbocycles. The number of aliphatic hydroxyl groups excluding tert-OH is 1. The molecule has 1 heterocycles. The van der Waals surface area contributed by atoms with E-state index in [1.807, 2.05) is 24.3 Å². The normalized spacial score (nSPS) is 12.3. The Balaban J connectivity index is 1.65. The molecular formula is C13H16BrN3O3. The number of rotatable bonds is 7. The van der Waals surface area contributed by atoms with Crippen molar-refractivity contribution in [3.63, 3.8) is 0 Å². The first-order valence-corrected chi connectivity index (χ1v) is 6.99. The van der Waals surface area contributed by atoms with Crippen molar-refractivity contribution in [3.05, 3.63) is 40.5 Å². The van der Waals surface area contributed by atoms with Crippen LogP contribution in [0.3, 0.4) is 0 Å². The van der Waals surface area contributed by atoms with Gasteiger partial charge in [0.1, 0.15) is 18.5 Å². The van der Waals surface area contributed by atoms with Gasteiger partial charge in [0.2, 0.25) is 5.89 Å². The minimum absolute atomic E-state index is 0.222. The number of halogens is 1. The van der Waals surface area contributed by atoms with E-state index in [-0.39, 0.29) is 6.61 Å².